The highest BCUT2D eigenvalue weighted by Crippen LogP contribution is 2.18. The average molecular weight is 417 g/mol. The van der Waals surface area contributed by atoms with Crippen LogP contribution >= 0.6 is 15.9 Å². The van der Waals surface area contributed by atoms with Gasteiger partial charge in [0.25, 0.3) is 11.6 Å². The van der Waals surface area contributed by atoms with Crippen LogP contribution in [0.4, 0.5) is 5.69 Å². The predicted octanol–water partition coefficient (Wildman–Crippen LogP) is 2.82. The van der Waals surface area contributed by atoms with Crippen LogP contribution in [0.5, 0.6) is 0 Å². The smallest absolute Gasteiger partial charge is 0.269 e. The van der Waals surface area contributed by atoms with Gasteiger partial charge in [0.15, 0.2) is 5.82 Å². The number of non-ortho nitro benzene ring substituents is 1. The Labute approximate surface area is 156 Å². The van der Waals surface area contributed by atoms with Crippen molar-refractivity contribution in [1.82, 2.24) is 25.5 Å². The minimum absolute atomic E-state index is 0.0752. The van der Waals surface area contributed by atoms with E-state index in [1.165, 1.54) is 28.9 Å². The number of nitro groups is 1. The lowest BCUT2D eigenvalue weighted by Gasteiger charge is -2.13. The third-order valence-corrected chi connectivity index (χ3v) is 4.17. The van der Waals surface area contributed by atoms with Crippen molar-refractivity contribution in [2.45, 2.75) is 13.0 Å². The minimum atomic E-state index is -0.517. The van der Waals surface area contributed by atoms with Crippen molar-refractivity contribution in [3.8, 4) is 5.69 Å². The molecule has 3 aromatic rings. The van der Waals surface area contributed by atoms with Crippen LogP contribution in [0.25, 0.3) is 5.69 Å². The van der Waals surface area contributed by atoms with Gasteiger partial charge in [-0.05, 0) is 53.7 Å². The maximum Gasteiger partial charge on any atom is 0.269 e. The minimum Gasteiger partial charge on any atom is -0.342 e. The normalized spacial score (nSPS) is 11.8. The molecule has 0 saturated heterocycles. The number of nitrogens with one attached hydrogen (secondary N) is 1. The largest absolute Gasteiger partial charge is 0.342 e. The highest BCUT2D eigenvalue weighted by molar-refractivity contribution is 9.10. The second-order valence-electron chi connectivity index (χ2n) is 5.42. The Morgan fingerprint density at radius 3 is 2.46 bits per heavy atom. The Bertz CT molecular complexity index is 939. The number of nitrogens with zero attached hydrogens (tertiary/aromatic N) is 5. The molecule has 1 amide bonds. The summed E-state index contributed by atoms with van der Waals surface area (Å²) < 4.78 is 2.46. The summed E-state index contributed by atoms with van der Waals surface area (Å²) in [6.45, 7) is 1.75. The van der Waals surface area contributed by atoms with E-state index in [1.54, 1.807) is 6.92 Å². The SMILES string of the molecule is CC(NC(=O)c1ccc([N+](=O)[O-])cc1)c1nnnn1-c1ccc(Br)cc1. The van der Waals surface area contributed by atoms with E-state index in [1.807, 2.05) is 24.3 Å². The van der Waals surface area contributed by atoms with Gasteiger partial charge in [0.1, 0.15) is 0 Å². The van der Waals surface area contributed by atoms with Crippen molar-refractivity contribution in [2.24, 2.45) is 0 Å². The molecule has 0 radical (unpaired) electrons. The lowest BCUT2D eigenvalue weighted by molar-refractivity contribution is -0.384. The lowest BCUT2D eigenvalue weighted by atomic mass is 10.2. The average Bonchev–Trinajstić information content (AvgIpc) is 3.12. The van der Waals surface area contributed by atoms with Gasteiger partial charge in [-0.3, -0.25) is 14.9 Å². The summed E-state index contributed by atoms with van der Waals surface area (Å²) in [5, 5.41) is 25.1. The Morgan fingerprint density at radius 2 is 1.85 bits per heavy atom. The van der Waals surface area contributed by atoms with Crippen LogP contribution in [0.1, 0.15) is 29.1 Å². The highest BCUT2D eigenvalue weighted by Gasteiger charge is 2.19. The van der Waals surface area contributed by atoms with Crippen molar-refractivity contribution in [3.05, 3.63) is 74.5 Å². The molecule has 0 aliphatic heterocycles. The topological polar surface area (TPSA) is 116 Å². The fourth-order valence-electron chi connectivity index (χ4n) is 2.31. The van der Waals surface area contributed by atoms with E-state index in [-0.39, 0.29) is 11.6 Å². The van der Waals surface area contributed by atoms with Crippen LogP contribution in [0, 0.1) is 10.1 Å². The molecule has 0 aliphatic carbocycles. The number of hydrogen-bond donors (Lipinski definition) is 1. The molecule has 10 heteroatoms. The maximum atomic E-state index is 12.4. The molecule has 1 N–H and O–H groups in total. The third-order valence-electron chi connectivity index (χ3n) is 3.64. The van der Waals surface area contributed by atoms with Crippen LogP contribution < -0.4 is 5.32 Å². The molecule has 0 fully saturated rings. The molecule has 1 atom stereocenters. The van der Waals surface area contributed by atoms with Gasteiger partial charge in [0.2, 0.25) is 0 Å². The molecule has 1 aromatic heterocycles. The molecule has 3 rings (SSSR count). The third kappa shape index (κ3) is 3.75. The molecule has 0 spiro atoms. The van der Waals surface area contributed by atoms with Gasteiger partial charge >= 0.3 is 0 Å². The van der Waals surface area contributed by atoms with E-state index < -0.39 is 11.0 Å². The zero-order valence-corrected chi connectivity index (χ0v) is 15.1. The highest BCUT2D eigenvalue weighted by atomic mass is 79.9. The number of tetrazole rings is 1. The summed E-state index contributed by atoms with van der Waals surface area (Å²) in [5.41, 5.74) is 0.989. The molecule has 0 saturated carbocycles. The molecular weight excluding hydrogens is 404 g/mol. The van der Waals surface area contributed by atoms with E-state index in [9.17, 15) is 14.9 Å². The molecule has 2 aromatic carbocycles. The summed E-state index contributed by atoms with van der Waals surface area (Å²) in [5.74, 6) is 0.0836. The molecule has 0 aliphatic rings. The van der Waals surface area contributed by atoms with Crippen molar-refractivity contribution in [1.29, 1.82) is 0 Å². The molecule has 1 unspecified atom stereocenters. The molecule has 132 valence electrons. The fourth-order valence-corrected chi connectivity index (χ4v) is 2.57. The Morgan fingerprint density at radius 1 is 1.19 bits per heavy atom. The van der Waals surface area contributed by atoms with Gasteiger partial charge in [-0.15, -0.1) is 5.10 Å². The summed E-state index contributed by atoms with van der Waals surface area (Å²) in [6, 6.07) is 12.3. The van der Waals surface area contributed by atoms with Gasteiger partial charge in [-0.2, -0.15) is 4.68 Å². The number of benzene rings is 2. The number of nitro benzene ring substituents is 1. The van der Waals surface area contributed by atoms with Gasteiger partial charge in [-0.25, -0.2) is 0 Å². The molecule has 1 heterocycles. The van der Waals surface area contributed by atoms with Crippen molar-refractivity contribution < 1.29 is 9.72 Å². The molecular formula is C16H13BrN6O3. The Hall–Kier alpha value is -3.14. The standard InChI is InChI=1S/C16H13BrN6O3/c1-10(18-16(24)11-2-6-14(7-3-11)23(25)26)15-19-20-21-22(15)13-8-4-12(17)5-9-13/h2-10H,1H3,(H,18,24). The summed E-state index contributed by atoms with van der Waals surface area (Å²) in [7, 11) is 0. The van der Waals surface area contributed by atoms with Gasteiger partial charge in [0.05, 0.1) is 16.7 Å². The van der Waals surface area contributed by atoms with Gasteiger partial charge < -0.3 is 5.32 Å². The predicted molar refractivity (Wildman–Crippen MR) is 95.8 cm³/mol. The van der Waals surface area contributed by atoms with Crippen LogP contribution in [0.3, 0.4) is 0 Å². The monoisotopic (exact) mass is 416 g/mol. The number of halogens is 1. The molecule has 9 nitrogen and oxygen atoms in total. The summed E-state index contributed by atoms with van der Waals surface area (Å²) >= 11 is 3.37. The number of amides is 1. The number of carbonyl (C=O) groups excluding carboxylic acids is 1. The number of aromatic nitrogens is 4. The van der Waals surface area contributed by atoms with Crippen molar-refractivity contribution in [3.63, 3.8) is 0 Å². The second-order valence-corrected chi connectivity index (χ2v) is 6.34. The summed E-state index contributed by atoms with van der Waals surface area (Å²) in [4.78, 5) is 22.5. The van der Waals surface area contributed by atoms with E-state index >= 15 is 0 Å². The first-order valence-corrected chi connectivity index (χ1v) is 8.34. The first-order chi connectivity index (χ1) is 12.5. The van der Waals surface area contributed by atoms with Crippen LogP contribution in [-0.2, 0) is 0 Å². The zero-order chi connectivity index (χ0) is 18.7. The fraction of sp³-hybridized carbons (Fsp3) is 0.125. The molecule has 0 bridgehead atoms. The second kappa shape index (κ2) is 7.40. The number of rotatable bonds is 5. The Balaban J connectivity index is 1.77. The van der Waals surface area contributed by atoms with Gasteiger partial charge in [0, 0.05) is 22.2 Å². The van der Waals surface area contributed by atoms with Crippen molar-refractivity contribution >= 4 is 27.5 Å². The number of carbonyl (C=O) groups is 1. The number of hydrogen-bond acceptors (Lipinski definition) is 6. The Kier molecular flexibility index (Phi) is 5.03. The van der Waals surface area contributed by atoms with E-state index in [4.69, 9.17) is 0 Å². The van der Waals surface area contributed by atoms with Gasteiger partial charge in [-0.1, -0.05) is 15.9 Å². The van der Waals surface area contributed by atoms with Crippen molar-refractivity contribution in [2.75, 3.05) is 0 Å². The first-order valence-electron chi connectivity index (χ1n) is 7.55. The summed E-state index contributed by atoms with van der Waals surface area (Å²) in [6.07, 6.45) is 0. The first kappa shape index (κ1) is 17.7. The lowest BCUT2D eigenvalue weighted by Crippen LogP contribution is -2.28. The van der Waals surface area contributed by atoms with E-state index in [0.717, 1.165) is 10.2 Å². The van der Waals surface area contributed by atoms with Crippen LogP contribution in [-0.4, -0.2) is 31.0 Å². The zero-order valence-electron chi connectivity index (χ0n) is 13.5. The van der Waals surface area contributed by atoms with Crippen LogP contribution in [0.2, 0.25) is 0 Å². The van der Waals surface area contributed by atoms with E-state index in [2.05, 4.69) is 36.8 Å². The van der Waals surface area contributed by atoms with E-state index in [0.29, 0.717) is 11.4 Å². The molecule has 26 heavy (non-hydrogen) atoms. The van der Waals surface area contributed by atoms with Crippen LogP contribution in [0.15, 0.2) is 53.0 Å². The quantitative estimate of drug-likeness (QED) is 0.504. The maximum absolute atomic E-state index is 12.4.